The molecule has 0 saturated heterocycles. The van der Waals surface area contributed by atoms with Crippen molar-refractivity contribution in [3.63, 3.8) is 0 Å². The molecule has 2 aromatic carbocycles. The molecular weight excluding hydrogens is 333 g/mol. The van der Waals surface area contributed by atoms with Gasteiger partial charge in [-0.1, -0.05) is 18.2 Å². The summed E-state index contributed by atoms with van der Waals surface area (Å²) in [6, 6.07) is 16.9. The molecule has 2 heterocycles. The highest BCUT2D eigenvalue weighted by Gasteiger charge is 2.12. The minimum Gasteiger partial charge on any atom is -0.326 e. The molecular formula is C20H16FN3O2. The van der Waals surface area contributed by atoms with Crippen LogP contribution in [0.4, 0.5) is 10.1 Å². The fourth-order valence-electron chi connectivity index (χ4n) is 3.11. The van der Waals surface area contributed by atoms with E-state index in [0.717, 1.165) is 5.52 Å². The second-order valence-electron chi connectivity index (χ2n) is 6.02. The van der Waals surface area contributed by atoms with Crippen molar-refractivity contribution < 1.29 is 9.18 Å². The molecule has 1 amide bonds. The zero-order chi connectivity index (χ0) is 18.1. The number of carbonyl (C=O) groups excluding carboxylic acids is 1. The van der Waals surface area contributed by atoms with E-state index in [-0.39, 0.29) is 24.4 Å². The van der Waals surface area contributed by atoms with Gasteiger partial charge in [0.1, 0.15) is 11.3 Å². The zero-order valence-electron chi connectivity index (χ0n) is 13.9. The molecule has 0 unspecified atom stereocenters. The van der Waals surface area contributed by atoms with Crippen LogP contribution in [-0.4, -0.2) is 14.9 Å². The van der Waals surface area contributed by atoms with Crippen LogP contribution in [0.3, 0.4) is 0 Å². The summed E-state index contributed by atoms with van der Waals surface area (Å²) in [5.41, 5.74) is 2.12. The summed E-state index contributed by atoms with van der Waals surface area (Å²) in [7, 11) is 0. The molecule has 5 nitrogen and oxygen atoms in total. The number of benzene rings is 2. The van der Waals surface area contributed by atoms with Crippen molar-refractivity contribution in [3.8, 4) is 0 Å². The summed E-state index contributed by atoms with van der Waals surface area (Å²) in [6.45, 7) is 0.166. The van der Waals surface area contributed by atoms with Crippen LogP contribution in [0.25, 0.3) is 16.6 Å². The average molecular weight is 349 g/mol. The Morgan fingerprint density at radius 1 is 0.962 bits per heavy atom. The SMILES string of the molecule is O=C(CCn1c(=O)c2cccn2c2ccc(F)cc21)Nc1ccccc1. The average Bonchev–Trinajstić information content (AvgIpc) is 3.12. The van der Waals surface area contributed by atoms with E-state index in [1.165, 1.54) is 16.7 Å². The van der Waals surface area contributed by atoms with Crippen molar-refractivity contribution in [3.05, 3.63) is 83.0 Å². The standard InChI is InChI=1S/C20H16FN3O2/c21-14-8-9-16-18(13-14)24(20(26)17-7-4-11-23(16)17)12-10-19(25)22-15-5-2-1-3-6-15/h1-9,11,13H,10,12H2,(H,22,25). The highest BCUT2D eigenvalue weighted by molar-refractivity contribution is 5.90. The third kappa shape index (κ3) is 2.86. The van der Waals surface area contributed by atoms with Gasteiger partial charge < -0.3 is 14.3 Å². The number of aromatic nitrogens is 2. The van der Waals surface area contributed by atoms with Gasteiger partial charge in [0, 0.05) is 24.8 Å². The van der Waals surface area contributed by atoms with Gasteiger partial charge >= 0.3 is 0 Å². The van der Waals surface area contributed by atoms with Crippen molar-refractivity contribution in [1.82, 2.24) is 8.97 Å². The minimum atomic E-state index is -0.425. The number of carbonyl (C=O) groups is 1. The number of anilines is 1. The Labute approximate surface area is 148 Å². The molecule has 0 aliphatic heterocycles. The second kappa shape index (κ2) is 6.48. The smallest absolute Gasteiger partial charge is 0.275 e. The monoisotopic (exact) mass is 349 g/mol. The van der Waals surface area contributed by atoms with E-state index < -0.39 is 5.82 Å². The molecule has 130 valence electrons. The molecule has 0 aliphatic carbocycles. The van der Waals surface area contributed by atoms with Gasteiger partial charge in [-0.25, -0.2) is 4.39 Å². The summed E-state index contributed by atoms with van der Waals surface area (Å²) >= 11 is 0. The molecule has 6 heteroatoms. The zero-order valence-corrected chi connectivity index (χ0v) is 13.9. The van der Waals surface area contributed by atoms with Gasteiger partial charge in [-0.05, 0) is 42.5 Å². The fraction of sp³-hybridized carbons (Fsp3) is 0.100. The Hall–Kier alpha value is -3.41. The van der Waals surface area contributed by atoms with Crippen molar-refractivity contribution in [2.75, 3.05) is 5.32 Å². The Bertz CT molecular complexity index is 1160. The third-order valence-electron chi connectivity index (χ3n) is 4.32. The predicted molar refractivity (Wildman–Crippen MR) is 98.8 cm³/mol. The largest absolute Gasteiger partial charge is 0.326 e. The summed E-state index contributed by atoms with van der Waals surface area (Å²) in [4.78, 5) is 25.0. The lowest BCUT2D eigenvalue weighted by Crippen LogP contribution is -2.25. The summed E-state index contributed by atoms with van der Waals surface area (Å²) < 4.78 is 16.9. The number of nitrogens with zero attached hydrogens (tertiary/aromatic N) is 2. The van der Waals surface area contributed by atoms with Crippen LogP contribution in [0, 0.1) is 5.82 Å². The van der Waals surface area contributed by atoms with Crippen LogP contribution >= 0.6 is 0 Å². The molecule has 4 aromatic rings. The number of hydrogen-bond donors (Lipinski definition) is 1. The van der Waals surface area contributed by atoms with Gasteiger partial charge in [-0.3, -0.25) is 9.59 Å². The Morgan fingerprint density at radius 2 is 1.77 bits per heavy atom. The number of nitrogens with one attached hydrogen (secondary N) is 1. The van der Waals surface area contributed by atoms with E-state index in [0.29, 0.717) is 16.7 Å². The first kappa shape index (κ1) is 16.1. The molecule has 0 atom stereocenters. The molecule has 1 N–H and O–H groups in total. The van der Waals surface area contributed by atoms with Crippen LogP contribution in [0.1, 0.15) is 6.42 Å². The first-order chi connectivity index (χ1) is 12.6. The van der Waals surface area contributed by atoms with Crippen molar-refractivity contribution in [2.24, 2.45) is 0 Å². The summed E-state index contributed by atoms with van der Waals surface area (Å²) in [5, 5.41) is 2.79. The number of para-hydroxylation sites is 1. The lowest BCUT2D eigenvalue weighted by molar-refractivity contribution is -0.116. The maximum Gasteiger partial charge on any atom is 0.275 e. The maximum absolute atomic E-state index is 13.8. The number of rotatable bonds is 4. The van der Waals surface area contributed by atoms with Crippen molar-refractivity contribution in [2.45, 2.75) is 13.0 Å². The lowest BCUT2D eigenvalue weighted by atomic mass is 10.2. The molecule has 26 heavy (non-hydrogen) atoms. The van der Waals surface area contributed by atoms with Gasteiger partial charge in [-0.2, -0.15) is 0 Å². The van der Waals surface area contributed by atoms with E-state index >= 15 is 0 Å². The van der Waals surface area contributed by atoms with Gasteiger partial charge in [-0.15, -0.1) is 0 Å². The number of hydrogen-bond acceptors (Lipinski definition) is 2. The summed E-state index contributed by atoms with van der Waals surface area (Å²) in [5.74, 6) is -0.631. The molecule has 0 bridgehead atoms. The van der Waals surface area contributed by atoms with E-state index in [2.05, 4.69) is 5.32 Å². The second-order valence-corrected chi connectivity index (χ2v) is 6.02. The van der Waals surface area contributed by atoms with Gasteiger partial charge in [0.15, 0.2) is 0 Å². The minimum absolute atomic E-state index is 0.108. The number of fused-ring (bicyclic) bond motifs is 3. The van der Waals surface area contributed by atoms with Gasteiger partial charge in [0.25, 0.3) is 5.56 Å². The highest BCUT2D eigenvalue weighted by atomic mass is 19.1. The molecule has 4 rings (SSSR count). The topological polar surface area (TPSA) is 55.5 Å². The number of amides is 1. The van der Waals surface area contributed by atoms with Crippen LogP contribution in [0.15, 0.2) is 71.7 Å². The molecule has 0 radical (unpaired) electrons. The lowest BCUT2D eigenvalue weighted by Gasteiger charge is -2.13. The number of aryl methyl sites for hydroxylation is 1. The van der Waals surface area contributed by atoms with E-state index in [9.17, 15) is 14.0 Å². The van der Waals surface area contributed by atoms with Crippen LogP contribution in [0.2, 0.25) is 0 Å². The normalized spacial score (nSPS) is 11.1. The van der Waals surface area contributed by atoms with Crippen molar-refractivity contribution in [1.29, 1.82) is 0 Å². The first-order valence-electron chi connectivity index (χ1n) is 8.27. The Balaban J connectivity index is 1.69. The predicted octanol–water partition coefficient (Wildman–Crippen LogP) is 3.42. The molecule has 0 fully saturated rings. The fourth-order valence-corrected chi connectivity index (χ4v) is 3.11. The molecule has 0 aliphatic rings. The highest BCUT2D eigenvalue weighted by Crippen LogP contribution is 2.17. The van der Waals surface area contributed by atoms with Gasteiger partial charge in [0.2, 0.25) is 5.91 Å². The number of halogens is 1. The van der Waals surface area contributed by atoms with Crippen LogP contribution in [-0.2, 0) is 11.3 Å². The van der Waals surface area contributed by atoms with E-state index in [1.807, 2.05) is 18.2 Å². The van der Waals surface area contributed by atoms with Crippen LogP contribution in [0.5, 0.6) is 0 Å². The summed E-state index contributed by atoms with van der Waals surface area (Å²) in [6.07, 6.45) is 1.88. The molecule has 2 aromatic heterocycles. The third-order valence-corrected chi connectivity index (χ3v) is 4.32. The van der Waals surface area contributed by atoms with E-state index in [1.54, 1.807) is 40.9 Å². The van der Waals surface area contributed by atoms with E-state index in [4.69, 9.17) is 0 Å². The maximum atomic E-state index is 13.8. The van der Waals surface area contributed by atoms with Gasteiger partial charge in [0.05, 0.1) is 11.0 Å². The Kier molecular flexibility index (Phi) is 4.01. The molecule has 0 saturated carbocycles. The van der Waals surface area contributed by atoms with Crippen LogP contribution < -0.4 is 10.9 Å². The van der Waals surface area contributed by atoms with Crippen molar-refractivity contribution >= 4 is 28.1 Å². The Morgan fingerprint density at radius 3 is 2.58 bits per heavy atom. The molecule has 0 spiro atoms. The quantitative estimate of drug-likeness (QED) is 0.614. The first-order valence-corrected chi connectivity index (χ1v) is 8.27.